The molecule has 7 heteroatoms. The lowest BCUT2D eigenvalue weighted by Crippen LogP contribution is -2.65. The first-order valence-electron chi connectivity index (χ1n) is 12.8. The van der Waals surface area contributed by atoms with E-state index in [1.54, 1.807) is 20.8 Å². The molecule has 0 saturated heterocycles. The van der Waals surface area contributed by atoms with E-state index in [1.165, 1.54) is 6.08 Å². The molecule has 5 aliphatic carbocycles. The van der Waals surface area contributed by atoms with Crippen LogP contribution in [0, 0.1) is 28.1 Å². The smallest absolute Gasteiger partial charge is 0.165 e. The first-order valence-corrected chi connectivity index (χ1v) is 12.8. The first-order chi connectivity index (χ1) is 15.4. The average molecular weight is 477 g/mol. The minimum Gasteiger partial charge on any atom is -0.390 e. The van der Waals surface area contributed by atoms with Crippen LogP contribution in [0.5, 0.6) is 0 Å². The van der Waals surface area contributed by atoms with E-state index in [0.717, 1.165) is 0 Å². The highest BCUT2D eigenvalue weighted by atomic mass is 16.3. The molecule has 5 rings (SSSR count). The number of Topliss-reactive ketones (excluding diaryl/α,β-unsaturated/α-hetero) is 1. The third-order valence-corrected chi connectivity index (χ3v) is 11.4. The van der Waals surface area contributed by atoms with Gasteiger partial charge in [-0.25, -0.2) is 0 Å². The minimum atomic E-state index is -1.64. The quantitative estimate of drug-likeness (QED) is 0.408. The molecular weight excluding hydrogens is 436 g/mol. The fraction of sp³-hybridized carbons (Fsp3) is 0.852. The largest absolute Gasteiger partial charge is 0.390 e. The normalized spacial score (nSPS) is 50.0. The summed E-state index contributed by atoms with van der Waals surface area (Å²) in [5.41, 5.74) is -7.68. The van der Waals surface area contributed by atoms with Crippen LogP contribution in [-0.4, -0.2) is 65.6 Å². The van der Waals surface area contributed by atoms with Gasteiger partial charge in [0.15, 0.2) is 11.6 Å². The van der Waals surface area contributed by atoms with Gasteiger partial charge >= 0.3 is 0 Å². The van der Waals surface area contributed by atoms with Gasteiger partial charge in [0.25, 0.3) is 0 Å². The first kappa shape index (κ1) is 24.6. The monoisotopic (exact) mass is 476 g/mol. The second-order valence-corrected chi connectivity index (χ2v) is 13.5. The van der Waals surface area contributed by atoms with Gasteiger partial charge < -0.3 is 25.5 Å². The van der Waals surface area contributed by atoms with Crippen LogP contribution in [-0.2, 0) is 9.59 Å². The summed E-state index contributed by atoms with van der Waals surface area (Å²) in [5, 5.41) is 56.8. The Hall–Kier alpha value is -1.12. The fourth-order valence-corrected chi connectivity index (χ4v) is 9.45. The van der Waals surface area contributed by atoms with Crippen LogP contribution in [0.25, 0.3) is 0 Å². The molecule has 4 bridgehead atoms. The Balaban J connectivity index is 1.56. The standard InChI is InChI=1S/C27H40O7/c1-21(2,31)8-7-19(29)24(5,32)17-6-9-26(33)18-12-16(28)15-13-27(34)20(30)14-23(15,4)25(18,27)11-10-22(17,26)3/h12,15,17,19,29,31-34H,6-11,13-14H2,1-5H3/t15-,17-,19+,22+,23-,24+,25+,26+,27+/m0/s1. The molecular formula is C27H40O7. The van der Waals surface area contributed by atoms with E-state index >= 15 is 0 Å². The number of hydrogen-bond acceptors (Lipinski definition) is 7. The highest BCUT2D eigenvalue weighted by Crippen LogP contribution is 2.81. The molecule has 0 heterocycles. The number of carbonyl (C=O) groups is 2. The number of aliphatic hydroxyl groups is 5. The van der Waals surface area contributed by atoms with Crippen molar-refractivity contribution in [1.82, 2.24) is 0 Å². The highest BCUT2D eigenvalue weighted by Gasteiger charge is 2.85. The van der Waals surface area contributed by atoms with Gasteiger partial charge in [0, 0.05) is 23.2 Å². The summed E-state index contributed by atoms with van der Waals surface area (Å²) < 4.78 is 0. The predicted molar refractivity (Wildman–Crippen MR) is 123 cm³/mol. The Labute approximate surface area is 201 Å². The molecule has 0 radical (unpaired) electrons. The third-order valence-electron chi connectivity index (χ3n) is 11.4. The Morgan fingerprint density at radius 2 is 1.68 bits per heavy atom. The zero-order chi connectivity index (χ0) is 25.3. The van der Waals surface area contributed by atoms with Crippen LogP contribution in [0.3, 0.4) is 0 Å². The molecule has 1 spiro atoms. The fourth-order valence-electron chi connectivity index (χ4n) is 9.45. The van der Waals surface area contributed by atoms with Gasteiger partial charge in [0.1, 0.15) is 5.60 Å². The van der Waals surface area contributed by atoms with E-state index in [9.17, 15) is 35.1 Å². The lowest BCUT2D eigenvalue weighted by Gasteiger charge is -2.62. The molecule has 0 aromatic rings. The Morgan fingerprint density at radius 3 is 2.29 bits per heavy atom. The third kappa shape index (κ3) is 2.51. The van der Waals surface area contributed by atoms with E-state index in [0.29, 0.717) is 31.3 Å². The molecule has 0 aliphatic heterocycles. The summed E-state index contributed by atoms with van der Waals surface area (Å²) >= 11 is 0. The van der Waals surface area contributed by atoms with Crippen molar-refractivity contribution >= 4 is 11.6 Å². The topological polar surface area (TPSA) is 135 Å². The van der Waals surface area contributed by atoms with Gasteiger partial charge in [0.2, 0.25) is 0 Å². The zero-order valence-corrected chi connectivity index (χ0v) is 21.0. The summed E-state index contributed by atoms with van der Waals surface area (Å²) in [4.78, 5) is 26.3. The van der Waals surface area contributed by atoms with Crippen LogP contribution in [0.4, 0.5) is 0 Å². The van der Waals surface area contributed by atoms with Crippen molar-refractivity contribution in [3.63, 3.8) is 0 Å². The number of rotatable bonds is 5. The molecule has 0 unspecified atom stereocenters. The molecule has 9 atom stereocenters. The SMILES string of the molecule is CC(C)(O)CC[C@@H](O)[C@](C)(O)[C@H]1CC[C@@]2(O)C3=CC(=O)[C@@H]4C[C@@]5(O)C(=O)C[C@]4(C)[C@@]35CC[C@]12C. The van der Waals surface area contributed by atoms with Crippen molar-refractivity contribution in [3.8, 4) is 0 Å². The number of carbonyl (C=O) groups excluding carboxylic acids is 2. The summed E-state index contributed by atoms with van der Waals surface area (Å²) in [6, 6.07) is 0. The maximum atomic E-state index is 13.2. The summed E-state index contributed by atoms with van der Waals surface area (Å²) in [5.74, 6) is -1.25. The van der Waals surface area contributed by atoms with Crippen molar-refractivity contribution in [2.24, 2.45) is 28.1 Å². The molecule has 0 aromatic heterocycles. The molecule has 4 saturated carbocycles. The van der Waals surface area contributed by atoms with Gasteiger partial charge in [0.05, 0.1) is 22.9 Å². The number of fused-ring (bicyclic) bond motifs is 2. The van der Waals surface area contributed by atoms with Crippen molar-refractivity contribution in [2.75, 3.05) is 0 Å². The number of allylic oxidation sites excluding steroid dienone is 1. The Kier molecular flexibility index (Phi) is 4.77. The molecule has 190 valence electrons. The van der Waals surface area contributed by atoms with Crippen molar-refractivity contribution in [2.45, 2.75) is 114 Å². The Morgan fingerprint density at radius 1 is 1.03 bits per heavy atom. The lowest BCUT2D eigenvalue weighted by molar-refractivity contribution is -0.187. The van der Waals surface area contributed by atoms with Gasteiger partial charge in [-0.1, -0.05) is 13.8 Å². The van der Waals surface area contributed by atoms with E-state index < -0.39 is 56.6 Å². The summed E-state index contributed by atoms with van der Waals surface area (Å²) in [7, 11) is 0. The maximum Gasteiger partial charge on any atom is 0.165 e. The second-order valence-electron chi connectivity index (χ2n) is 13.5. The van der Waals surface area contributed by atoms with Gasteiger partial charge in [-0.2, -0.15) is 0 Å². The summed E-state index contributed by atoms with van der Waals surface area (Å²) in [6.07, 6.45) is 2.83. The maximum absolute atomic E-state index is 13.2. The molecule has 0 aromatic carbocycles. The van der Waals surface area contributed by atoms with E-state index in [4.69, 9.17) is 0 Å². The van der Waals surface area contributed by atoms with Crippen molar-refractivity contribution < 1.29 is 35.1 Å². The Bertz CT molecular complexity index is 993. The van der Waals surface area contributed by atoms with Crippen LogP contribution < -0.4 is 0 Å². The molecule has 7 nitrogen and oxygen atoms in total. The number of ketones is 2. The second kappa shape index (κ2) is 6.60. The van der Waals surface area contributed by atoms with E-state index in [1.807, 2.05) is 13.8 Å². The predicted octanol–water partition coefficient (Wildman–Crippen LogP) is 1.82. The van der Waals surface area contributed by atoms with Crippen molar-refractivity contribution in [3.05, 3.63) is 11.6 Å². The summed E-state index contributed by atoms with van der Waals surface area (Å²) in [6.45, 7) is 8.76. The molecule has 0 amide bonds. The van der Waals surface area contributed by atoms with Crippen LogP contribution in [0.15, 0.2) is 11.6 Å². The van der Waals surface area contributed by atoms with Crippen LogP contribution >= 0.6 is 0 Å². The molecule has 34 heavy (non-hydrogen) atoms. The molecule has 5 N–H and O–H groups in total. The van der Waals surface area contributed by atoms with Crippen LogP contribution in [0.1, 0.15) is 86.0 Å². The number of aliphatic hydroxyl groups excluding tert-OH is 1. The van der Waals surface area contributed by atoms with E-state index in [2.05, 4.69) is 0 Å². The highest BCUT2D eigenvalue weighted by molar-refractivity contribution is 6.04. The molecule has 5 aliphatic rings. The van der Waals surface area contributed by atoms with Gasteiger partial charge in [-0.3, -0.25) is 9.59 Å². The number of hydrogen-bond donors (Lipinski definition) is 5. The lowest BCUT2D eigenvalue weighted by atomic mass is 9.43. The average Bonchev–Trinajstić information content (AvgIpc) is 3.13. The van der Waals surface area contributed by atoms with Gasteiger partial charge in [-0.15, -0.1) is 0 Å². The van der Waals surface area contributed by atoms with Crippen LogP contribution in [0.2, 0.25) is 0 Å². The molecule has 4 fully saturated rings. The van der Waals surface area contributed by atoms with Gasteiger partial charge in [-0.05, 0) is 88.7 Å². The zero-order valence-electron chi connectivity index (χ0n) is 21.0. The van der Waals surface area contributed by atoms with E-state index in [-0.39, 0.29) is 37.2 Å². The minimum absolute atomic E-state index is 0.116. The van der Waals surface area contributed by atoms with Crippen molar-refractivity contribution in [1.29, 1.82) is 0 Å².